The van der Waals surface area contributed by atoms with Gasteiger partial charge in [-0.15, -0.1) is 0 Å². The molecule has 0 radical (unpaired) electrons. The monoisotopic (exact) mass is 262 g/mol. The van der Waals surface area contributed by atoms with E-state index in [1.165, 1.54) is 37.1 Å². The van der Waals surface area contributed by atoms with E-state index in [1.807, 2.05) is 0 Å². The van der Waals surface area contributed by atoms with E-state index < -0.39 is 0 Å². The standard InChI is InChI=1S/C16H26N2O/c1-14(13-19-2)17-9-12-18-10-7-15-5-3-4-6-16(15)8-11-18/h3-6,14,17H,7-13H2,1-2H3. The second-order valence-corrected chi connectivity index (χ2v) is 5.42. The van der Waals surface area contributed by atoms with E-state index in [-0.39, 0.29) is 0 Å². The molecule has 1 unspecified atom stereocenters. The Balaban J connectivity index is 1.73. The van der Waals surface area contributed by atoms with Gasteiger partial charge >= 0.3 is 0 Å². The van der Waals surface area contributed by atoms with E-state index >= 15 is 0 Å². The Labute approximate surface area is 116 Å². The van der Waals surface area contributed by atoms with Crippen molar-refractivity contribution in [1.82, 2.24) is 10.2 Å². The van der Waals surface area contributed by atoms with Crippen LogP contribution in [0.15, 0.2) is 24.3 Å². The fourth-order valence-electron chi connectivity index (χ4n) is 2.72. The van der Waals surface area contributed by atoms with E-state index in [9.17, 15) is 0 Å². The summed E-state index contributed by atoms with van der Waals surface area (Å²) in [5, 5.41) is 3.51. The molecule has 1 aliphatic heterocycles. The highest BCUT2D eigenvalue weighted by Crippen LogP contribution is 2.15. The average Bonchev–Trinajstić information content (AvgIpc) is 2.62. The summed E-state index contributed by atoms with van der Waals surface area (Å²) in [7, 11) is 1.75. The molecule has 1 atom stereocenters. The van der Waals surface area contributed by atoms with Gasteiger partial charge < -0.3 is 15.0 Å². The summed E-state index contributed by atoms with van der Waals surface area (Å²) in [5.74, 6) is 0. The maximum atomic E-state index is 5.13. The molecular formula is C16H26N2O. The molecule has 0 amide bonds. The van der Waals surface area contributed by atoms with E-state index in [1.54, 1.807) is 7.11 Å². The van der Waals surface area contributed by atoms with Crippen molar-refractivity contribution in [3.05, 3.63) is 35.4 Å². The maximum Gasteiger partial charge on any atom is 0.0613 e. The molecule has 0 aliphatic carbocycles. The van der Waals surface area contributed by atoms with Gasteiger partial charge in [-0.3, -0.25) is 0 Å². The number of nitrogens with zero attached hydrogens (tertiary/aromatic N) is 1. The quantitative estimate of drug-likeness (QED) is 0.845. The van der Waals surface area contributed by atoms with Gasteiger partial charge in [-0.1, -0.05) is 24.3 Å². The molecule has 0 fully saturated rings. The van der Waals surface area contributed by atoms with Crippen LogP contribution in [-0.4, -0.2) is 50.8 Å². The van der Waals surface area contributed by atoms with Gasteiger partial charge in [0.25, 0.3) is 0 Å². The first kappa shape index (κ1) is 14.5. The summed E-state index contributed by atoms with van der Waals surface area (Å²) in [5.41, 5.74) is 3.07. The fourth-order valence-corrected chi connectivity index (χ4v) is 2.72. The number of nitrogens with one attached hydrogen (secondary N) is 1. The molecule has 0 saturated carbocycles. The average molecular weight is 262 g/mol. The Morgan fingerprint density at radius 3 is 2.42 bits per heavy atom. The number of ether oxygens (including phenoxy) is 1. The number of hydrogen-bond acceptors (Lipinski definition) is 3. The van der Waals surface area contributed by atoms with Crippen LogP contribution in [0.4, 0.5) is 0 Å². The van der Waals surface area contributed by atoms with Gasteiger partial charge in [-0.25, -0.2) is 0 Å². The minimum absolute atomic E-state index is 0.439. The van der Waals surface area contributed by atoms with E-state index in [0.717, 1.165) is 19.7 Å². The molecule has 3 heteroatoms. The van der Waals surface area contributed by atoms with Crippen molar-refractivity contribution in [1.29, 1.82) is 0 Å². The van der Waals surface area contributed by atoms with Crippen LogP contribution in [0.3, 0.4) is 0 Å². The molecule has 0 spiro atoms. The van der Waals surface area contributed by atoms with E-state index in [4.69, 9.17) is 4.74 Å². The van der Waals surface area contributed by atoms with Gasteiger partial charge in [0.2, 0.25) is 0 Å². The Morgan fingerprint density at radius 1 is 1.21 bits per heavy atom. The zero-order valence-corrected chi connectivity index (χ0v) is 12.2. The normalized spacial score (nSPS) is 17.8. The summed E-state index contributed by atoms with van der Waals surface area (Å²) in [6, 6.07) is 9.30. The van der Waals surface area contributed by atoms with Crippen molar-refractivity contribution in [3.8, 4) is 0 Å². The second kappa shape index (κ2) is 7.63. The lowest BCUT2D eigenvalue weighted by Crippen LogP contribution is -2.38. The highest BCUT2D eigenvalue weighted by atomic mass is 16.5. The molecule has 1 N–H and O–H groups in total. The zero-order valence-electron chi connectivity index (χ0n) is 12.2. The third kappa shape index (κ3) is 4.60. The Bertz CT molecular complexity index is 354. The van der Waals surface area contributed by atoms with E-state index in [0.29, 0.717) is 6.04 Å². The van der Waals surface area contributed by atoms with Crippen molar-refractivity contribution in [2.75, 3.05) is 39.9 Å². The minimum Gasteiger partial charge on any atom is -0.383 e. The molecule has 0 saturated heterocycles. The lowest BCUT2D eigenvalue weighted by Gasteiger charge is -2.21. The first-order valence-corrected chi connectivity index (χ1v) is 7.31. The second-order valence-electron chi connectivity index (χ2n) is 5.42. The van der Waals surface area contributed by atoms with Crippen molar-refractivity contribution in [2.45, 2.75) is 25.8 Å². The van der Waals surface area contributed by atoms with Crippen LogP contribution in [0, 0.1) is 0 Å². The van der Waals surface area contributed by atoms with Gasteiger partial charge in [0, 0.05) is 39.3 Å². The van der Waals surface area contributed by atoms with Gasteiger partial charge in [-0.05, 0) is 30.9 Å². The number of hydrogen-bond donors (Lipinski definition) is 1. The van der Waals surface area contributed by atoms with Crippen LogP contribution in [0.25, 0.3) is 0 Å². The number of benzene rings is 1. The van der Waals surface area contributed by atoms with Gasteiger partial charge in [-0.2, -0.15) is 0 Å². The van der Waals surface area contributed by atoms with Crippen LogP contribution in [0.1, 0.15) is 18.1 Å². The third-order valence-corrected chi connectivity index (χ3v) is 3.85. The number of rotatable bonds is 6. The van der Waals surface area contributed by atoms with Crippen LogP contribution < -0.4 is 5.32 Å². The van der Waals surface area contributed by atoms with Crippen molar-refractivity contribution < 1.29 is 4.74 Å². The minimum atomic E-state index is 0.439. The smallest absolute Gasteiger partial charge is 0.0613 e. The largest absolute Gasteiger partial charge is 0.383 e. The summed E-state index contributed by atoms with van der Waals surface area (Å²) in [6.07, 6.45) is 2.37. The van der Waals surface area contributed by atoms with Crippen LogP contribution in [0.5, 0.6) is 0 Å². The van der Waals surface area contributed by atoms with Crippen molar-refractivity contribution in [3.63, 3.8) is 0 Å². The van der Waals surface area contributed by atoms with Crippen LogP contribution >= 0.6 is 0 Å². The molecule has 0 aromatic heterocycles. The molecule has 1 aliphatic rings. The maximum absolute atomic E-state index is 5.13. The van der Waals surface area contributed by atoms with Crippen molar-refractivity contribution in [2.24, 2.45) is 0 Å². The molecule has 1 aromatic rings. The third-order valence-electron chi connectivity index (χ3n) is 3.85. The first-order chi connectivity index (χ1) is 9.29. The SMILES string of the molecule is COCC(C)NCCN1CCc2ccccc2CC1. The Morgan fingerprint density at radius 2 is 1.84 bits per heavy atom. The number of methoxy groups -OCH3 is 1. The lowest BCUT2D eigenvalue weighted by molar-refractivity contribution is 0.169. The van der Waals surface area contributed by atoms with Gasteiger partial charge in [0.1, 0.15) is 0 Å². The predicted octanol–water partition coefficient (Wildman–Crippen LogP) is 1.71. The fraction of sp³-hybridized carbons (Fsp3) is 0.625. The summed E-state index contributed by atoms with van der Waals surface area (Å²) < 4.78 is 5.13. The molecular weight excluding hydrogens is 236 g/mol. The molecule has 1 aromatic carbocycles. The highest BCUT2D eigenvalue weighted by molar-refractivity contribution is 5.28. The molecule has 19 heavy (non-hydrogen) atoms. The van der Waals surface area contributed by atoms with Gasteiger partial charge in [0.05, 0.1) is 6.61 Å². The summed E-state index contributed by atoms with van der Waals surface area (Å²) >= 11 is 0. The molecule has 0 bridgehead atoms. The molecule has 106 valence electrons. The Hall–Kier alpha value is -0.900. The topological polar surface area (TPSA) is 24.5 Å². The molecule has 3 nitrogen and oxygen atoms in total. The summed E-state index contributed by atoms with van der Waals surface area (Å²) in [6.45, 7) is 7.48. The van der Waals surface area contributed by atoms with Crippen molar-refractivity contribution >= 4 is 0 Å². The van der Waals surface area contributed by atoms with Gasteiger partial charge in [0.15, 0.2) is 0 Å². The first-order valence-electron chi connectivity index (χ1n) is 7.31. The summed E-state index contributed by atoms with van der Waals surface area (Å²) in [4.78, 5) is 2.56. The van der Waals surface area contributed by atoms with Crippen LogP contribution in [0.2, 0.25) is 0 Å². The van der Waals surface area contributed by atoms with E-state index in [2.05, 4.69) is 41.4 Å². The number of fused-ring (bicyclic) bond motifs is 1. The Kier molecular flexibility index (Phi) is 5.83. The highest BCUT2D eigenvalue weighted by Gasteiger charge is 2.13. The predicted molar refractivity (Wildman–Crippen MR) is 79.6 cm³/mol. The lowest BCUT2D eigenvalue weighted by atomic mass is 10.0. The van der Waals surface area contributed by atoms with Crippen LogP contribution in [-0.2, 0) is 17.6 Å². The molecule has 2 rings (SSSR count). The molecule has 1 heterocycles. The zero-order chi connectivity index (χ0) is 13.5.